The predicted octanol–water partition coefficient (Wildman–Crippen LogP) is 3.36. The van der Waals surface area contributed by atoms with Crippen LogP contribution in [0.4, 0.5) is 5.69 Å². The van der Waals surface area contributed by atoms with E-state index in [0.29, 0.717) is 9.21 Å². The third-order valence-corrected chi connectivity index (χ3v) is 3.18. The molecule has 0 aliphatic rings. The van der Waals surface area contributed by atoms with Crippen LogP contribution in [0.3, 0.4) is 0 Å². The third-order valence-electron chi connectivity index (χ3n) is 1.95. The molecular weight excluding hydrogens is 244 g/mol. The normalized spacial score (nSPS) is 10.1. The molecule has 3 nitrogen and oxygen atoms in total. The maximum absolute atomic E-state index is 11.8. The van der Waals surface area contributed by atoms with Crippen molar-refractivity contribution in [3.8, 4) is 0 Å². The van der Waals surface area contributed by atoms with E-state index >= 15 is 0 Å². The van der Waals surface area contributed by atoms with Gasteiger partial charge in [-0.25, -0.2) is 0 Å². The van der Waals surface area contributed by atoms with Crippen LogP contribution in [-0.2, 0) is 0 Å². The largest absolute Gasteiger partial charge is 0.321 e. The lowest BCUT2D eigenvalue weighted by Gasteiger charge is -2.03. The van der Waals surface area contributed by atoms with E-state index in [9.17, 15) is 4.79 Å². The molecule has 0 fully saturated rings. The molecule has 2 aromatic rings. The fourth-order valence-corrected chi connectivity index (χ4v) is 2.19. The average Bonchev–Trinajstić information content (AvgIpc) is 2.65. The first kappa shape index (κ1) is 11.1. The van der Waals surface area contributed by atoms with Crippen LogP contribution in [-0.4, -0.2) is 10.9 Å². The lowest BCUT2D eigenvalue weighted by Crippen LogP contribution is -2.10. The van der Waals surface area contributed by atoms with Crippen LogP contribution in [0, 0.1) is 6.92 Å². The summed E-state index contributed by atoms with van der Waals surface area (Å²) in [5, 5.41) is 2.79. The Morgan fingerprint density at radius 3 is 2.88 bits per heavy atom. The highest BCUT2D eigenvalue weighted by molar-refractivity contribution is 7.18. The first-order valence-corrected chi connectivity index (χ1v) is 5.84. The number of carbonyl (C=O) groups excluding carboxylic acids is 1. The van der Waals surface area contributed by atoms with Crippen LogP contribution in [0.15, 0.2) is 30.5 Å². The standard InChI is InChI=1S/C11H9ClN2OS/c1-7-6-8(4-5-13-7)14-11(15)9-2-3-10(12)16-9/h2-6H,1H3,(H,13,14,15). The van der Waals surface area contributed by atoms with E-state index in [1.807, 2.05) is 13.0 Å². The van der Waals surface area contributed by atoms with E-state index in [4.69, 9.17) is 11.6 Å². The number of thiophene rings is 1. The van der Waals surface area contributed by atoms with Crippen molar-refractivity contribution in [1.29, 1.82) is 0 Å². The number of nitrogens with zero attached hydrogens (tertiary/aromatic N) is 1. The molecule has 1 N–H and O–H groups in total. The van der Waals surface area contributed by atoms with Crippen molar-refractivity contribution in [2.45, 2.75) is 6.92 Å². The molecule has 0 atom stereocenters. The Kier molecular flexibility index (Phi) is 3.22. The molecular formula is C11H9ClN2OS. The number of halogens is 1. The van der Waals surface area contributed by atoms with Crippen LogP contribution in [0.25, 0.3) is 0 Å². The molecule has 2 rings (SSSR count). The van der Waals surface area contributed by atoms with E-state index in [1.165, 1.54) is 11.3 Å². The number of rotatable bonds is 2. The number of pyridine rings is 1. The van der Waals surface area contributed by atoms with Gasteiger partial charge in [-0.05, 0) is 31.2 Å². The number of amides is 1. The zero-order valence-corrected chi connectivity index (χ0v) is 10.1. The summed E-state index contributed by atoms with van der Waals surface area (Å²) in [4.78, 5) is 16.4. The van der Waals surface area contributed by atoms with Crippen LogP contribution in [0.1, 0.15) is 15.4 Å². The molecule has 0 saturated carbocycles. The monoisotopic (exact) mass is 252 g/mol. The summed E-state index contributed by atoms with van der Waals surface area (Å²) in [6.07, 6.45) is 1.66. The molecule has 0 aliphatic carbocycles. The molecule has 2 heterocycles. The average molecular weight is 253 g/mol. The van der Waals surface area contributed by atoms with Gasteiger partial charge in [0.25, 0.3) is 5.91 Å². The second kappa shape index (κ2) is 4.63. The van der Waals surface area contributed by atoms with E-state index in [-0.39, 0.29) is 5.91 Å². The predicted molar refractivity (Wildman–Crippen MR) is 66.3 cm³/mol. The Balaban J connectivity index is 2.13. The van der Waals surface area contributed by atoms with Crippen molar-refractivity contribution in [1.82, 2.24) is 4.98 Å². The number of aryl methyl sites for hydroxylation is 1. The van der Waals surface area contributed by atoms with Gasteiger partial charge < -0.3 is 5.32 Å². The molecule has 0 radical (unpaired) electrons. The van der Waals surface area contributed by atoms with E-state index in [0.717, 1.165) is 11.4 Å². The summed E-state index contributed by atoms with van der Waals surface area (Å²) >= 11 is 7.02. The zero-order valence-electron chi connectivity index (χ0n) is 8.53. The summed E-state index contributed by atoms with van der Waals surface area (Å²) in [7, 11) is 0. The van der Waals surface area contributed by atoms with Gasteiger partial charge in [0.1, 0.15) is 0 Å². The molecule has 16 heavy (non-hydrogen) atoms. The van der Waals surface area contributed by atoms with E-state index in [2.05, 4.69) is 10.3 Å². The maximum atomic E-state index is 11.8. The highest BCUT2D eigenvalue weighted by Crippen LogP contribution is 2.22. The molecule has 0 saturated heterocycles. The lowest BCUT2D eigenvalue weighted by molar-refractivity contribution is 0.103. The Bertz CT molecular complexity index is 524. The number of nitrogens with one attached hydrogen (secondary N) is 1. The first-order valence-electron chi connectivity index (χ1n) is 4.64. The van der Waals surface area contributed by atoms with E-state index in [1.54, 1.807) is 24.4 Å². The quantitative estimate of drug-likeness (QED) is 0.891. The van der Waals surface area contributed by atoms with Crippen LogP contribution >= 0.6 is 22.9 Å². The van der Waals surface area contributed by atoms with Gasteiger partial charge in [-0.1, -0.05) is 11.6 Å². The van der Waals surface area contributed by atoms with Gasteiger partial charge in [0.15, 0.2) is 0 Å². The van der Waals surface area contributed by atoms with Gasteiger partial charge in [0.2, 0.25) is 0 Å². The van der Waals surface area contributed by atoms with Gasteiger partial charge in [0.05, 0.1) is 9.21 Å². The van der Waals surface area contributed by atoms with Crippen LogP contribution in [0.5, 0.6) is 0 Å². The fraction of sp³-hybridized carbons (Fsp3) is 0.0909. The number of carbonyl (C=O) groups is 1. The zero-order chi connectivity index (χ0) is 11.5. The minimum atomic E-state index is -0.150. The maximum Gasteiger partial charge on any atom is 0.265 e. The topological polar surface area (TPSA) is 42.0 Å². The molecule has 2 aromatic heterocycles. The second-order valence-corrected chi connectivity index (χ2v) is 4.96. The van der Waals surface area contributed by atoms with Gasteiger partial charge in [-0.3, -0.25) is 9.78 Å². The summed E-state index contributed by atoms with van der Waals surface area (Å²) in [6, 6.07) is 6.97. The summed E-state index contributed by atoms with van der Waals surface area (Å²) in [5.41, 5.74) is 1.60. The Labute approximate surface area is 102 Å². The SMILES string of the molecule is Cc1cc(NC(=O)c2ccc(Cl)s2)ccn1. The van der Waals surface area contributed by atoms with Crippen molar-refractivity contribution >= 4 is 34.5 Å². The molecule has 5 heteroatoms. The molecule has 1 amide bonds. The molecule has 0 spiro atoms. The van der Waals surface area contributed by atoms with Crippen molar-refractivity contribution in [3.63, 3.8) is 0 Å². The van der Waals surface area contributed by atoms with E-state index < -0.39 is 0 Å². The highest BCUT2D eigenvalue weighted by Gasteiger charge is 2.08. The van der Waals surface area contributed by atoms with Gasteiger partial charge in [-0.15, -0.1) is 11.3 Å². The lowest BCUT2D eigenvalue weighted by atomic mass is 10.3. The second-order valence-electron chi connectivity index (χ2n) is 3.24. The number of hydrogen-bond donors (Lipinski definition) is 1. The van der Waals surface area contributed by atoms with Gasteiger partial charge in [-0.2, -0.15) is 0 Å². The summed E-state index contributed by atoms with van der Waals surface area (Å²) in [5.74, 6) is -0.150. The van der Waals surface area contributed by atoms with Gasteiger partial charge >= 0.3 is 0 Å². The van der Waals surface area contributed by atoms with Crippen LogP contribution < -0.4 is 5.32 Å². The number of aromatic nitrogens is 1. The van der Waals surface area contributed by atoms with Crippen molar-refractivity contribution in [2.75, 3.05) is 5.32 Å². The minimum Gasteiger partial charge on any atom is -0.321 e. The Morgan fingerprint density at radius 1 is 1.44 bits per heavy atom. The summed E-state index contributed by atoms with van der Waals surface area (Å²) in [6.45, 7) is 1.87. The first-order chi connectivity index (χ1) is 7.65. The molecule has 0 aliphatic heterocycles. The van der Waals surface area contributed by atoms with Gasteiger partial charge in [0, 0.05) is 17.6 Å². The van der Waals surface area contributed by atoms with Crippen molar-refractivity contribution in [3.05, 3.63) is 45.4 Å². The highest BCUT2D eigenvalue weighted by atomic mass is 35.5. The summed E-state index contributed by atoms with van der Waals surface area (Å²) < 4.78 is 0.607. The van der Waals surface area contributed by atoms with Crippen LogP contribution in [0.2, 0.25) is 4.34 Å². The molecule has 0 unspecified atom stereocenters. The number of hydrogen-bond acceptors (Lipinski definition) is 3. The molecule has 0 bridgehead atoms. The van der Waals surface area contributed by atoms with Crippen molar-refractivity contribution in [2.24, 2.45) is 0 Å². The Hall–Kier alpha value is -1.39. The Morgan fingerprint density at radius 2 is 2.25 bits per heavy atom. The number of anilines is 1. The smallest absolute Gasteiger partial charge is 0.265 e. The molecule has 82 valence electrons. The fourth-order valence-electron chi connectivity index (χ4n) is 1.25. The minimum absolute atomic E-state index is 0.150. The third kappa shape index (κ3) is 2.59. The molecule has 0 aromatic carbocycles. The van der Waals surface area contributed by atoms with Crippen molar-refractivity contribution < 1.29 is 4.79 Å².